The molecular weight excluding hydrogens is 309 g/mol. The van der Waals surface area contributed by atoms with Crippen molar-refractivity contribution in [2.75, 3.05) is 14.2 Å². The van der Waals surface area contributed by atoms with Gasteiger partial charge in [0, 0.05) is 22.7 Å². The van der Waals surface area contributed by atoms with E-state index in [2.05, 4.69) is 4.98 Å². The van der Waals surface area contributed by atoms with Crippen LogP contribution in [0.5, 0.6) is 5.75 Å². The van der Waals surface area contributed by atoms with Crippen LogP contribution in [0, 0.1) is 0 Å². The molecule has 26 heavy (non-hydrogen) atoms. The van der Waals surface area contributed by atoms with Gasteiger partial charge >= 0.3 is 0 Å². The molecule has 1 aliphatic heterocycles. The van der Waals surface area contributed by atoms with Crippen LogP contribution >= 0.6 is 0 Å². The third-order valence-electron chi connectivity index (χ3n) is 5.41. The van der Waals surface area contributed by atoms with Gasteiger partial charge in [0.15, 0.2) is 0 Å². The van der Waals surface area contributed by atoms with Gasteiger partial charge in [0.1, 0.15) is 13.6 Å². The number of H-pyrrole nitrogens is 1. The van der Waals surface area contributed by atoms with Crippen molar-refractivity contribution in [1.29, 1.82) is 0 Å². The SMILES string of the molecule is [B]c1cc2c3c([nH]c2cc1OC)C([B])([B])C([B])([B])N(C)C([B])([B])C3([B])[B]. The fraction of sp³-hybridized carbons (Fsp3) is 0.429. The summed E-state index contributed by atoms with van der Waals surface area (Å²) in [5.41, 5.74) is 1.36. The van der Waals surface area contributed by atoms with E-state index in [4.69, 9.17) is 75.4 Å². The summed E-state index contributed by atoms with van der Waals surface area (Å²) in [6.07, 6.45) is 0. The first-order valence-corrected chi connectivity index (χ1v) is 7.76. The van der Waals surface area contributed by atoms with Crippen LogP contribution in [-0.2, 0) is 10.4 Å². The van der Waals surface area contributed by atoms with E-state index in [0.29, 0.717) is 22.1 Å². The molecule has 1 aromatic heterocycles. The van der Waals surface area contributed by atoms with Crippen molar-refractivity contribution in [3.05, 3.63) is 23.4 Å². The first kappa shape index (κ1) is 19.9. The Balaban J connectivity index is 2.50. The minimum absolute atomic E-state index is 0.194. The highest BCUT2D eigenvalue weighted by Gasteiger charge is 2.54. The number of rotatable bonds is 1. The third-order valence-corrected chi connectivity index (χ3v) is 5.41. The van der Waals surface area contributed by atoms with Gasteiger partial charge in [-0.15, -0.1) is 0 Å². The van der Waals surface area contributed by atoms with Crippen molar-refractivity contribution in [3.8, 4) is 5.75 Å². The Kier molecular flexibility index (Phi) is 4.25. The normalized spacial score (nSPS) is 23.2. The Morgan fingerprint density at radius 3 is 2.00 bits per heavy atom. The molecule has 0 saturated carbocycles. The summed E-state index contributed by atoms with van der Waals surface area (Å²) in [6, 6.07) is 3.27. The molecule has 3 nitrogen and oxygen atoms in total. The molecule has 18 radical (unpaired) electrons. The van der Waals surface area contributed by atoms with Crippen molar-refractivity contribution in [2.24, 2.45) is 0 Å². The zero-order valence-corrected chi connectivity index (χ0v) is 14.7. The van der Waals surface area contributed by atoms with E-state index >= 15 is 0 Å². The van der Waals surface area contributed by atoms with E-state index in [9.17, 15) is 0 Å². The predicted molar refractivity (Wildman–Crippen MR) is 113 cm³/mol. The molecule has 0 saturated heterocycles. The van der Waals surface area contributed by atoms with Crippen molar-refractivity contribution in [1.82, 2.24) is 9.88 Å². The lowest BCUT2D eigenvalue weighted by molar-refractivity contribution is 0.200. The van der Waals surface area contributed by atoms with Gasteiger partial charge in [0.25, 0.3) is 0 Å². The number of nitrogens with zero attached hydrogens (tertiary/aromatic N) is 1. The fourth-order valence-electron chi connectivity index (χ4n) is 3.42. The summed E-state index contributed by atoms with van der Waals surface area (Å²) in [6.45, 7) is 0. The minimum atomic E-state index is -1.91. The molecule has 1 N–H and O–H groups in total. The zero-order valence-electron chi connectivity index (χ0n) is 14.7. The van der Waals surface area contributed by atoms with Crippen LogP contribution < -0.4 is 10.2 Å². The number of aromatic nitrogens is 1. The fourth-order valence-corrected chi connectivity index (χ4v) is 3.42. The number of methoxy groups -OCH3 is 1. The Morgan fingerprint density at radius 1 is 0.923 bits per heavy atom. The lowest BCUT2D eigenvalue weighted by Crippen LogP contribution is -2.73. The number of ether oxygens (including phenoxy) is 1. The topological polar surface area (TPSA) is 28.3 Å². The monoisotopic (exact) mass is 320 g/mol. The second kappa shape index (κ2) is 5.56. The van der Waals surface area contributed by atoms with Crippen LogP contribution in [0.2, 0.25) is 0 Å². The van der Waals surface area contributed by atoms with Gasteiger partial charge in [-0.05, 0) is 12.6 Å². The lowest BCUT2D eigenvalue weighted by atomic mass is 9.30. The van der Waals surface area contributed by atoms with Gasteiger partial charge in [-0.1, -0.05) is 32.6 Å². The zero-order chi connectivity index (χ0) is 19.9. The van der Waals surface area contributed by atoms with Gasteiger partial charge in [-0.2, -0.15) is 0 Å². The molecule has 12 heteroatoms. The van der Waals surface area contributed by atoms with E-state index < -0.39 is 21.1 Å². The number of likely N-dealkylation sites (N-methyl/N-ethyl adjacent to an activating group) is 1. The molecule has 0 unspecified atom stereocenters. The highest BCUT2D eigenvalue weighted by molar-refractivity contribution is 6.59. The maximum Gasteiger partial charge on any atom is 0.119 e. The number of hydrogen-bond acceptors (Lipinski definition) is 2. The number of hydrogen-bond donors (Lipinski definition) is 1. The molecule has 2 aromatic rings. The molecule has 1 aliphatic rings. The second-order valence-electron chi connectivity index (χ2n) is 6.96. The van der Waals surface area contributed by atoms with Crippen molar-refractivity contribution >= 4 is 87.0 Å². The minimum Gasteiger partial charge on any atom is -0.497 e. The summed E-state index contributed by atoms with van der Waals surface area (Å²) < 4.78 is 5.24. The Morgan fingerprint density at radius 2 is 1.46 bits per heavy atom. The van der Waals surface area contributed by atoms with Crippen LogP contribution in [0.25, 0.3) is 10.9 Å². The number of nitrogens with one attached hydrogen (secondary N) is 1. The smallest absolute Gasteiger partial charge is 0.119 e. The first-order chi connectivity index (χ1) is 11.7. The summed E-state index contributed by atoms with van der Waals surface area (Å²) in [7, 11) is 59.4. The van der Waals surface area contributed by atoms with Crippen LogP contribution in [0.3, 0.4) is 0 Å². The molecular formula is C14H9B9N2O. The molecule has 2 heterocycles. The van der Waals surface area contributed by atoms with E-state index in [1.807, 2.05) is 0 Å². The summed E-state index contributed by atoms with van der Waals surface area (Å²) >= 11 is 0. The molecule has 0 aliphatic carbocycles. The molecule has 108 valence electrons. The average Bonchev–Trinajstić information content (AvgIpc) is 2.90. The van der Waals surface area contributed by atoms with E-state index in [1.54, 1.807) is 12.1 Å². The maximum atomic E-state index is 6.40. The molecule has 0 fully saturated rings. The van der Waals surface area contributed by atoms with Crippen molar-refractivity contribution in [3.63, 3.8) is 0 Å². The number of aromatic amines is 1. The quantitative estimate of drug-likeness (QED) is 0.564. The Bertz CT molecular complexity index is 890. The molecule has 0 spiro atoms. The van der Waals surface area contributed by atoms with Crippen LogP contribution in [0.4, 0.5) is 0 Å². The molecule has 0 atom stereocenters. The maximum absolute atomic E-state index is 6.40. The molecule has 0 bridgehead atoms. The number of fused-ring (bicyclic) bond motifs is 3. The number of benzene rings is 1. The summed E-state index contributed by atoms with van der Waals surface area (Å²) in [4.78, 5) is 4.23. The van der Waals surface area contributed by atoms with Gasteiger partial charge in [0.2, 0.25) is 0 Å². The van der Waals surface area contributed by atoms with Gasteiger partial charge < -0.3 is 14.6 Å². The van der Waals surface area contributed by atoms with Crippen molar-refractivity contribution < 1.29 is 4.74 Å². The Labute approximate surface area is 166 Å². The highest BCUT2D eigenvalue weighted by atomic mass is 16.5. The van der Waals surface area contributed by atoms with Crippen LogP contribution in [0.1, 0.15) is 11.3 Å². The third kappa shape index (κ3) is 2.23. The largest absolute Gasteiger partial charge is 0.497 e. The van der Waals surface area contributed by atoms with Gasteiger partial charge in [0.05, 0.1) is 69.9 Å². The Hall–Kier alpha value is -0.896. The highest BCUT2D eigenvalue weighted by Crippen LogP contribution is 2.47. The first-order valence-electron chi connectivity index (χ1n) is 7.76. The van der Waals surface area contributed by atoms with Crippen molar-refractivity contribution in [2.45, 2.75) is 21.1 Å². The van der Waals surface area contributed by atoms with E-state index in [-0.39, 0.29) is 11.3 Å². The standard InChI is InChI=1S/C14H9B9N2O/c1-25-13(20,21)11(16,17)9-5-3-6(15)8(26-2)4-7(5)24-10(9)12(18,19)14(25,22)23/h3-4,24H,1-2H3. The summed E-state index contributed by atoms with van der Waals surface area (Å²) in [5.74, 6) is 0.434. The van der Waals surface area contributed by atoms with E-state index in [0.717, 1.165) is 4.90 Å². The lowest BCUT2D eigenvalue weighted by Gasteiger charge is -2.58. The molecule has 0 amide bonds. The second-order valence-corrected chi connectivity index (χ2v) is 6.96. The molecule has 3 rings (SSSR count). The van der Waals surface area contributed by atoms with Crippen LogP contribution in [0.15, 0.2) is 12.1 Å². The molecule has 1 aromatic carbocycles. The van der Waals surface area contributed by atoms with E-state index in [1.165, 1.54) is 14.2 Å². The predicted octanol–water partition coefficient (Wildman–Crippen LogP) is -3.12. The average molecular weight is 319 g/mol. The van der Waals surface area contributed by atoms with Gasteiger partial charge in [-0.3, -0.25) is 0 Å². The summed E-state index contributed by atoms with van der Waals surface area (Å²) in [5, 5.41) is -6.98. The van der Waals surface area contributed by atoms with Crippen LogP contribution in [-0.4, -0.2) is 105 Å². The van der Waals surface area contributed by atoms with Gasteiger partial charge in [-0.25, -0.2) is 0 Å².